The van der Waals surface area contributed by atoms with Crippen LogP contribution in [-0.2, 0) is 17.8 Å². The summed E-state index contributed by atoms with van der Waals surface area (Å²) in [5, 5.41) is 9.73. The van der Waals surface area contributed by atoms with Crippen molar-refractivity contribution < 1.29 is 23.8 Å². The standard InChI is InChI=1S/C33H39FN2O4/c1-5-36(6-2)19-25-15-23(11-13-26(25)27-17-31(39-4)35-18-28(27)34)29-14-12-21-7-10-24(16-30(21)40-29)32(22-8-9-22)20(3)33(37)38/h7,10-11,13,15-18,20,22,29,32H,5-6,8-9,12,14,19H2,1-4H3,(H,37,38)/t20-,29?,32-/m0/s1. The molecule has 1 unspecified atom stereocenters. The molecule has 2 aliphatic rings. The van der Waals surface area contributed by atoms with Gasteiger partial charge in [0.1, 0.15) is 17.7 Å². The summed E-state index contributed by atoms with van der Waals surface area (Å²) in [6.45, 7) is 8.52. The summed E-state index contributed by atoms with van der Waals surface area (Å²) in [5.41, 5.74) is 5.59. The van der Waals surface area contributed by atoms with Gasteiger partial charge in [-0.05, 0) is 84.5 Å². The van der Waals surface area contributed by atoms with Gasteiger partial charge in [0.05, 0.1) is 19.2 Å². The first kappa shape index (κ1) is 28.1. The fourth-order valence-electron chi connectivity index (χ4n) is 6.04. The monoisotopic (exact) mass is 546 g/mol. The smallest absolute Gasteiger partial charge is 0.306 e. The molecule has 2 heterocycles. The van der Waals surface area contributed by atoms with E-state index in [2.05, 4.69) is 48.0 Å². The number of halogens is 1. The summed E-state index contributed by atoms with van der Waals surface area (Å²) < 4.78 is 26.9. The second-order valence-corrected chi connectivity index (χ2v) is 11.1. The van der Waals surface area contributed by atoms with E-state index in [1.807, 2.05) is 19.1 Å². The summed E-state index contributed by atoms with van der Waals surface area (Å²) in [5.74, 6) is 0.0653. The number of pyridine rings is 1. The van der Waals surface area contributed by atoms with Crippen molar-refractivity contribution in [1.82, 2.24) is 9.88 Å². The highest BCUT2D eigenvalue weighted by Gasteiger charge is 2.39. The SMILES string of the molecule is CCN(CC)Cc1cc(C2CCc3ccc([C@H](C4CC4)[C@H](C)C(=O)O)cc3O2)ccc1-c1cc(OC)ncc1F. The number of carboxylic acids is 1. The average molecular weight is 547 g/mol. The van der Waals surface area contributed by atoms with E-state index in [-0.39, 0.29) is 17.8 Å². The van der Waals surface area contributed by atoms with Crippen LogP contribution in [0.25, 0.3) is 11.1 Å². The average Bonchev–Trinajstić information content (AvgIpc) is 3.81. The highest BCUT2D eigenvalue weighted by atomic mass is 19.1. The molecule has 3 atom stereocenters. The molecule has 0 bridgehead atoms. The number of methoxy groups -OCH3 is 1. The molecule has 1 aromatic heterocycles. The summed E-state index contributed by atoms with van der Waals surface area (Å²) >= 11 is 0. The van der Waals surface area contributed by atoms with Crippen LogP contribution in [0.5, 0.6) is 11.6 Å². The highest BCUT2D eigenvalue weighted by Crippen LogP contribution is 2.48. The number of nitrogens with zero attached hydrogens (tertiary/aromatic N) is 2. The number of aryl methyl sites for hydroxylation is 1. The molecule has 40 heavy (non-hydrogen) atoms. The number of aromatic nitrogens is 1. The molecule has 0 saturated heterocycles. The Labute approximate surface area is 236 Å². The van der Waals surface area contributed by atoms with Crippen molar-refractivity contribution in [3.05, 3.63) is 76.7 Å². The van der Waals surface area contributed by atoms with E-state index in [4.69, 9.17) is 9.47 Å². The molecule has 1 aliphatic heterocycles. The maximum atomic E-state index is 15.0. The summed E-state index contributed by atoms with van der Waals surface area (Å²) in [6.07, 6.45) is 4.95. The van der Waals surface area contributed by atoms with Gasteiger partial charge in [-0.15, -0.1) is 0 Å². The third kappa shape index (κ3) is 5.85. The molecule has 1 aliphatic carbocycles. The first-order valence-electron chi connectivity index (χ1n) is 14.4. The second kappa shape index (κ2) is 12.0. The molecule has 5 rings (SSSR count). The van der Waals surface area contributed by atoms with Crippen LogP contribution in [0, 0.1) is 17.7 Å². The van der Waals surface area contributed by atoms with Gasteiger partial charge in [0.25, 0.3) is 0 Å². The van der Waals surface area contributed by atoms with Crippen LogP contribution < -0.4 is 9.47 Å². The summed E-state index contributed by atoms with van der Waals surface area (Å²) in [4.78, 5) is 18.2. The lowest BCUT2D eigenvalue weighted by Gasteiger charge is -2.29. The van der Waals surface area contributed by atoms with Crippen LogP contribution in [0.4, 0.5) is 4.39 Å². The molecule has 0 spiro atoms. The van der Waals surface area contributed by atoms with E-state index >= 15 is 0 Å². The van der Waals surface area contributed by atoms with E-state index < -0.39 is 11.9 Å². The zero-order chi connectivity index (χ0) is 28.4. The Morgan fingerprint density at radius 3 is 2.58 bits per heavy atom. The predicted octanol–water partition coefficient (Wildman–Crippen LogP) is 7.02. The van der Waals surface area contributed by atoms with E-state index in [9.17, 15) is 14.3 Å². The molecule has 2 aromatic carbocycles. The van der Waals surface area contributed by atoms with Crippen molar-refractivity contribution in [2.75, 3.05) is 20.2 Å². The lowest BCUT2D eigenvalue weighted by atomic mass is 9.82. The molecule has 7 heteroatoms. The van der Waals surface area contributed by atoms with Crippen LogP contribution in [0.2, 0.25) is 0 Å². The molecule has 1 N–H and O–H groups in total. The summed E-state index contributed by atoms with van der Waals surface area (Å²) in [7, 11) is 1.53. The number of ether oxygens (including phenoxy) is 2. The minimum absolute atomic E-state index is 0.000941. The lowest BCUT2D eigenvalue weighted by molar-refractivity contribution is -0.142. The number of hydrogen-bond donors (Lipinski definition) is 1. The molecule has 1 fully saturated rings. The highest BCUT2D eigenvalue weighted by molar-refractivity contribution is 5.71. The third-order valence-electron chi connectivity index (χ3n) is 8.60. The number of carbonyl (C=O) groups is 1. The van der Waals surface area contributed by atoms with Gasteiger partial charge in [0.2, 0.25) is 5.88 Å². The minimum atomic E-state index is -0.752. The van der Waals surface area contributed by atoms with Crippen molar-refractivity contribution in [1.29, 1.82) is 0 Å². The maximum Gasteiger partial charge on any atom is 0.306 e. The van der Waals surface area contributed by atoms with Crippen molar-refractivity contribution in [2.45, 2.75) is 65.0 Å². The first-order valence-corrected chi connectivity index (χ1v) is 14.4. The predicted molar refractivity (Wildman–Crippen MR) is 153 cm³/mol. The van der Waals surface area contributed by atoms with Crippen LogP contribution in [0.1, 0.15) is 74.3 Å². The van der Waals surface area contributed by atoms with Crippen molar-refractivity contribution in [3.8, 4) is 22.8 Å². The van der Waals surface area contributed by atoms with Gasteiger partial charge in [-0.1, -0.05) is 51.1 Å². The van der Waals surface area contributed by atoms with Crippen LogP contribution in [-0.4, -0.2) is 41.2 Å². The van der Waals surface area contributed by atoms with Crippen LogP contribution in [0.3, 0.4) is 0 Å². The number of carboxylic acid groups (broad SMARTS) is 1. The van der Waals surface area contributed by atoms with Crippen molar-refractivity contribution in [3.63, 3.8) is 0 Å². The fraction of sp³-hybridized carbons (Fsp3) is 0.455. The quantitative estimate of drug-likeness (QED) is 0.279. The number of hydrogen-bond acceptors (Lipinski definition) is 5. The normalized spacial score (nSPS) is 18.1. The molecular formula is C33H39FN2O4. The first-order chi connectivity index (χ1) is 19.3. The minimum Gasteiger partial charge on any atom is -0.485 e. The summed E-state index contributed by atoms with van der Waals surface area (Å²) in [6, 6.07) is 14.1. The molecule has 212 valence electrons. The molecule has 3 aromatic rings. The van der Waals surface area contributed by atoms with Gasteiger partial charge in [-0.3, -0.25) is 9.69 Å². The van der Waals surface area contributed by atoms with Crippen molar-refractivity contribution in [2.24, 2.45) is 11.8 Å². The van der Waals surface area contributed by atoms with Gasteiger partial charge in [-0.25, -0.2) is 9.37 Å². The maximum absolute atomic E-state index is 15.0. The van der Waals surface area contributed by atoms with E-state index in [0.29, 0.717) is 23.9 Å². The Morgan fingerprint density at radius 2 is 1.90 bits per heavy atom. The van der Waals surface area contributed by atoms with Gasteiger partial charge < -0.3 is 14.6 Å². The van der Waals surface area contributed by atoms with Gasteiger partial charge in [-0.2, -0.15) is 0 Å². The second-order valence-electron chi connectivity index (χ2n) is 11.1. The van der Waals surface area contributed by atoms with Crippen molar-refractivity contribution >= 4 is 5.97 Å². The third-order valence-corrected chi connectivity index (χ3v) is 8.60. The van der Waals surface area contributed by atoms with Gasteiger partial charge >= 0.3 is 5.97 Å². The van der Waals surface area contributed by atoms with E-state index in [0.717, 1.165) is 72.3 Å². The van der Waals surface area contributed by atoms with Crippen LogP contribution >= 0.6 is 0 Å². The lowest BCUT2D eigenvalue weighted by Crippen LogP contribution is -2.23. The molecule has 0 radical (unpaired) electrons. The molecule has 6 nitrogen and oxygen atoms in total. The largest absolute Gasteiger partial charge is 0.485 e. The Bertz CT molecular complexity index is 1370. The topological polar surface area (TPSA) is 71.9 Å². The molecular weight excluding hydrogens is 507 g/mol. The number of rotatable bonds is 11. The van der Waals surface area contributed by atoms with Crippen LogP contribution in [0.15, 0.2) is 48.7 Å². The van der Waals surface area contributed by atoms with Gasteiger partial charge in [0, 0.05) is 18.2 Å². The number of aliphatic carboxylic acids is 1. The Hall–Kier alpha value is -3.45. The fourth-order valence-corrected chi connectivity index (χ4v) is 6.04. The van der Waals surface area contributed by atoms with E-state index in [1.165, 1.54) is 13.3 Å². The Morgan fingerprint density at radius 1 is 1.12 bits per heavy atom. The van der Waals surface area contributed by atoms with E-state index in [1.54, 1.807) is 6.07 Å². The number of fused-ring (bicyclic) bond motifs is 1. The Kier molecular flexibility index (Phi) is 8.40. The number of benzene rings is 2. The molecule has 1 saturated carbocycles. The zero-order valence-electron chi connectivity index (χ0n) is 23.8. The molecule has 0 amide bonds. The Balaban J connectivity index is 1.47. The van der Waals surface area contributed by atoms with Gasteiger partial charge in [0.15, 0.2) is 0 Å². The zero-order valence-corrected chi connectivity index (χ0v) is 23.8.